The van der Waals surface area contributed by atoms with Gasteiger partial charge in [0.25, 0.3) is 0 Å². The topological polar surface area (TPSA) is 83.6 Å². The molecule has 2 atom stereocenters. The molecule has 1 rings (SSSR count). The summed E-state index contributed by atoms with van der Waals surface area (Å²) in [7, 11) is 0. The molecule has 3 N–H and O–H groups in total. The van der Waals surface area contributed by atoms with Crippen molar-refractivity contribution >= 4 is 11.9 Å². The number of nitrogens with two attached hydrogens (primary N) is 1. The summed E-state index contributed by atoms with van der Waals surface area (Å²) in [6, 6.07) is -0.539. The number of carboxylic acids is 1. The van der Waals surface area contributed by atoms with Crippen molar-refractivity contribution in [2.75, 3.05) is 13.1 Å². The number of aliphatic carboxylic acids is 1. The lowest BCUT2D eigenvalue weighted by molar-refractivity contribution is -0.145. The van der Waals surface area contributed by atoms with Crippen molar-refractivity contribution in [1.29, 1.82) is 0 Å². The van der Waals surface area contributed by atoms with Crippen LogP contribution >= 0.6 is 0 Å². The average Bonchev–Trinajstić information content (AvgIpc) is 2.16. The molecule has 80 valence electrons. The molecule has 1 saturated heterocycles. The molecule has 0 aliphatic carbocycles. The summed E-state index contributed by atoms with van der Waals surface area (Å²) in [5.74, 6) is -1.41. The average molecular weight is 200 g/mol. The van der Waals surface area contributed by atoms with Gasteiger partial charge in [0.15, 0.2) is 0 Å². The van der Waals surface area contributed by atoms with Gasteiger partial charge in [0.05, 0.1) is 12.0 Å². The van der Waals surface area contributed by atoms with Crippen LogP contribution in [0.25, 0.3) is 0 Å². The molecule has 0 aromatic rings. The molecule has 1 heterocycles. The van der Waals surface area contributed by atoms with E-state index in [9.17, 15) is 9.59 Å². The first-order chi connectivity index (χ1) is 6.52. The fourth-order valence-electron chi connectivity index (χ4n) is 1.67. The Morgan fingerprint density at radius 3 is 2.71 bits per heavy atom. The largest absolute Gasteiger partial charge is 0.481 e. The van der Waals surface area contributed by atoms with Gasteiger partial charge >= 0.3 is 5.97 Å². The van der Waals surface area contributed by atoms with Gasteiger partial charge in [-0.3, -0.25) is 9.59 Å². The van der Waals surface area contributed by atoms with Gasteiger partial charge in [0.2, 0.25) is 5.91 Å². The minimum Gasteiger partial charge on any atom is -0.481 e. The Morgan fingerprint density at radius 1 is 1.57 bits per heavy atom. The molecule has 0 saturated carbocycles. The fraction of sp³-hybridized carbons (Fsp3) is 0.778. The highest BCUT2D eigenvalue weighted by Gasteiger charge is 2.28. The second kappa shape index (κ2) is 4.41. The van der Waals surface area contributed by atoms with E-state index in [1.54, 1.807) is 11.8 Å². The van der Waals surface area contributed by atoms with Gasteiger partial charge in [-0.15, -0.1) is 0 Å². The van der Waals surface area contributed by atoms with Crippen molar-refractivity contribution in [2.24, 2.45) is 11.7 Å². The predicted octanol–water partition coefficient (Wildman–Crippen LogP) is -0.343. The lowest BCUT2D eigenvalue weighted by atomic mass is 9.98. The molecule has 5 nitrogen and oxygen atoms in total. The molecule has 1 fully saturated rings. The number of likely N-dealkylation sites (tertiary alicyclic amines) is 1. The third-order valence-corrected chi connectivity index (χ3v) is 2.47. The van der Waals surface area contributed by atoms with Crippen LogP contribution in [-0.2, 0) is 9.59 Å². The number of piperidine rings is 1. The summed E-state index contributed by atoms with van der Waals surface area (Å²) in [5, 5.41) is 8.81. The Balaban J connectivity index is 2.56. The van der Waals surface area contributed by atoms with Gasteiger partial charge < -0.3 is 15.7 Å². The van der Waals surface area contributed by atoms with Crippen LogP contribution in [0.2, 0.25) is 0 Å². The summed E-state index contributed by atoms with van der Waals surface area (Å²) in [4.78, 5) is 23.7. The molecule has 0 radical (unpaired) electrons. The molecule has 0 unspecified atom stereocenters. The standard InChI is InChI=1S/C9H16N2O3/c1-6(10)8(12)11-4-2-3-7(5-11)9(13)14/h6-7H,2-5,10H2,1H3,(H,13,14)/t6-,7+/m1/s1. The molecular formula is C9H16N2O3. The lowest BCUT2D eigenvalue weighted by Gasteiger charge is -2.31. The molecule has 0 spiro atoms. The van der Waals surface area contributed by atoms with Gasteiger partial charge in [0.1, 0.15) is 0 Å². The van der Waals surface area contributed by atoms with Gasteiger partial charge in [-0.1, -0.05) is 0 Å². The maximum absolute atomic E-state index is 11.5. The zero-order valence-corrected chi connectivity index (χ0v) is 8.27. The second-order valence-electron chi connectivity index (χ2n) is 3.75. The molecule has 0 aromatic carbocycles. The highest BCUT2D eigenvalue weighted by Crippen LogP contribution is 2.16. The Hall–Kier alpha value is -1.10. The Morgan fingerprint density at radius 2 is 2.21 bits per heavy atom. The van der Waals surface area contributed by atoms with Crippen LogP contribution in [0, 0.1) is 5.92 Å². The summed E-state index contributed by atoms with van der Waals surface area (Å²) >= 11 is 0. The minimum absolute atomic E-state index is 0.157. The van der Waals surface area contributed by atoms with E-state index in [1.165, 1.54) is 0 Å². The van der Waals surface area contributed by atoms with Crippen LogP contribution in [0.4, 0.5) is 0 Å². The number of carboxylic acid groups (broad SMARTS) is 1. The van der Waals surface area contributed by atoms with Crippen molar-refractivity contribution in [1.82, 2.24) is 4.90 Å². The van der Waals surface area contributed by atoms with E-state index in [-0.39, 0.29) is 5.91 Å². The van der Waals surface area contributed by atoms with E-state index in [1.807, 2.05) is 0 Å². The number of carbonyl (C=O) groups excluding carboxylic acids is 1. The summed E-state index contributed by atoms with van der Waals surface area (Å²) in [6.45, 7) is 2.55. The highest BCUT2D eigenvalue weighted by molar-refractivity contribution is 5.82. The number of hydrogen-bond donors (Lipinski definition) is 2. The van der Waals surface area contributed by atoms with Crippen LogP contribution in [0.15, 0.2) is 0 Å². The quantitative estimate of drug-likeness (QED) is 0.638. The van der Waals surface area contributed by atoms with Crippen LogP contribution < -0.4 is 5.73 Å². The summed E-state index contributed by atoms with van der Waals surface area (Å²) in [5.41, 5.74) is 5.45. The van der Waals surface area contributed by atoms with E-state index in [2.05, 4.69) is 0 Å². The minimum atomic E-state index is -0.827. The molecule has 14 heavy (non-hydrogen) atoms. The Labute approximate surface area is 82.9 Å². The Kier molecular flexibility index (Phi) is 3.46. The zero-order valence-electron chi connectivity index (χ0n) is 8.27. The van der Waals surface area contributed by atoms with Gasteiger partial charge in [-0.2, -0.15) is 0 Å². The fourth-order valence-corrected chi connectivity index (χ4v) is 1.67. The van der Waals surface area contributed by atoms with E-state index < -0.39 is 17.9 Å². The van der Waals surface area contributed by atoms with Crippen molar-refractivity contribution in [3.63, 3.8) is 0 Å². The molecule has 5 heteroatoms. The maximum Gasteiger partial charge on any atom is 0.308 e. The smallest absolute Gasteiger partial charge is 0.308 e. The molecule has 0 bridgehead atoms. The number of amides is 1. The van der Waals surface area contributed by atoms with Crippen molar-refractivity contribution in [3.8, 4) is 0 Å². The van der Waals surface area contributed by atoms with Crippen LogP contribution in [-0.4, -0.2) is 41.0 Å². The zero-order chi connectivity index (χ0) is 10.7. The van der Waals surface area contributed by atoms with Crippen LogP contribution in [0.1, 0.15) is 19.8 Å². The third kappa shape index (κ3) is 2.45. The van der Waals surface area contributed by atoms with Crippen LogP contribution in [0.5, 0.6) is 0 Å². The lowest BCUT2D eigenvalue weighted by Crippen LogP contribution is -2.48. The van der Waals surface area contributed by atoms with Gasteiger partial charge in [-0.25, -0.2) is 0 Å². The SMILES string of the molecule is C[C@@H](N)C(=O)N1CCC[C@H](C(=O)O)C1. The number of hydrogen-bond acceptors (Lipinski definition) is 3. The third-order valence-electron chi connectivity index (χ3n) is 2.47. The molecular weight excluding hydrogens is 184 g/mol. The second-order valence-corrected chi connectivity index (χ2v) is 3.75. The summed E-state index contributed by atoms with van der Waals surface area (Å²) < 4.78 is 0. The first kappa shape index (κ1) is 11.0. The van der Waals surface area contributed by atoms with Crippen molar-refractivity contribution in [2.45, 2.75) is 25.8 Å². The molecule has 1 aliphatic heterocycles. The van der Waals surface area contributed by atoms with Gasteiger partial charge in [-0.05, 0) is 19.8 Å². The summed E-state index contributed by atoms with van der Waals surface area (Å²) in [6.07, 6.45) is 1.40. The number of nitrogens with zero attached hydrogens (tertiary/aromatic N) is 1. The molecule has 1 aliphatic rings. The number of carbonyl (C=O) groups is 2. The monoisotopic (exact) mass is 200 g/mol. The van der Waals surface area contributed by atoms with Crippen LogP contribution in [0.3, 0.4) is 0 Å². The van der Waals surface area contributed by atoms with E-state index in [0.29, 0.717) is 19.5 Å². The van der Waals surface area contributed by atoms with E-state index in [4.69, 9.17) is 10.8 Å². The molecule has 0 aromatic heterocycles. The normalized spacial score (nSPS) is 24.4. The van der Waals surface area contributed by atoms with Crippen molar-refractivity contribution < 1.29 is 14.7 Å². The van der Waals surface area contributed by atoms with E-state index >= 15 is 0 Å². The number of rotatable bonds is 2. The highest BCUT2D eigenvalue weighted by atomic mass is 16.4. The van der Waals surface area contributed by atoms with E-state index in [0.717, 1.165) is 6.42 Å². The first-order valence-electron chi connectivity index (χ1n) is 4.79. The predicted molar refractivity (Wildman–Crippen MR) is 50.6 cm³/mol. The Bertz CT molecular complexity index is 240. The van der Waals surface area contributed by atoms with Crippen molar-refractivity contribution in [3.05, 3.63) is 0 Å². The molecule has 1 amide bonds. The maximum atomic E-state index is 11.5. The van der Waals surface area contributed by atoms with Gasteiger partial charge in [0, 0.05) is 13.1 Å². The first-order valence-corrected chi connectivity index (χ1v) is 4.79.